The average Bonchev–Trinajstić information content (AvgIpc) is 2.41. The zero-order chi connectivity index (χ0) is 14.8. The third-order valence-corrected chi connectivity index (χ3v) is 3.68. The summed E-state index contributed by atoms with van der Waals surface area (Å²) in [6, 6.07) is 7.62. The molecule has 106 valence electrons. The first-order valence-electron chi connectivity index (χ1n) is 6.44. The molecule has 20 heavy (non-hydrogen) atoms. The number of fused-ring (bicyclic) bond motifs is 1. The van der Waals surface area contributed by atoms with Crippen molar-refractivity contribution in [1.29, 1.82) is 0 Å². The van der Waals surface area contributed by atoms with Gasteiger partial charge in [0, 0.05) is 29.7 Å². The number of pyridine rings is 1. The monoisotopic (exact) mass is 291 g/mol. The summed E-state index contributed by atoms with van der Waals surface area (Å²) in [6.07, 6.45) is 1.75. The number of rotatable bonds is 5. The number of carbonyl (C=O) groups is 1. The van der Waals surface area contributed by atoms with E-state index in [9.17, 15) is 4.79 Å². The van der Waals surface area contributed by atoms with Crippen LogP contribution < -0.4 is 11.1 Å². The van der Waals surface area contributed by atoms with Gasteiger partial charge < -0.3 is 11.1 Å². The Labute approximate surface area is 123 Å². The van der Waals surface area contributed by atoms with Crippen LogP contribution in [0.5, 0.6) is 0 Å². The molecule has 0 spiro atoms. The van der Waals surface area contributed by atoms with Gasteiger partial charge in [0.1, 0.15) is 0 Å². The third-order valence-electron chi connectivity index (χ3n) is 3.35. The fraction of sp³-hybridized carbons (Fsp3) is 0.333. The molecule has 0 atom stereocenters. The van der Waals surface area contributed by atoms with E-state index in [1.165, 1.54) is 0 Å². The van der Waals surface area contributed by atoms with E-state index in [-0.39, 0.29) is 5.91 Å². The number of nitrogens with one attached hydrogen (secondary N) is 1. The first kappa shape index (κ1) is 14.8. The fourth-order valence-electron chi connectivity index (χ4n) is 1.94. The van der Waals surface area contributed by atoms with E-state index >= 15 is 0 Å². The number of benzene rings is 1. The summed E-state index contributed by atoms with van der Waals surface area (Å²) in [5, 5.41) is 4.87. The number of hydrogen-bond acceptors (Lipinski definition) is 3. The van der Waals surface area contributed by atoms with Crippen molar-refractivity contribution in [3.63, 3.8) is 0 Å². The van der Waals surface area contributed by atoms with Gasteiger partial charge in [-0.05, 0) is 37.6 Å². The van der Waals surface area contributed by atoms with E-state index in [2.05, 4.69) is 10.3 Å². The Bertz CT molecular complexity index is 640. The molecule has 1 amide bonds. The summed E-state index contributed by atoms with van der Waals surface area (Å²) in [5.74, 6) is -0.316. The van der Waals surface area contributed by atoms with Crippen molar-refractivity contribution in [2.75, 3.05) is 6.54 Å². The van der Waals surface area contributed by atoms with Crippen LogP contribution in [0.4, 0.5) is 0 Å². The smallest absolute Gasteiger partial charge is 0.224 e. The lowest BCUT2D eigenvalue weighted by Crippen LogP contribution is -2.40. The first-order valence-corrected chi connectivity index (χ1v) is 6.82. The molecule has 0 unspecified atom stereocenters. The Hall–Kier alpha value is -1.65. The van der Waals surface area contributed by atoms with Crippen LogP contribution >= 0.6 is 11.6 Å². The molecular formula is C15H18ClN3O. The Morgan fingerprint density at radius 2 is 2.15 bits per heavy atom. The molecule has 0 saturated heterocycles. The molecule has 3 N–H and O–H groups in total. The maximum atomic E-state index is 11.3. The minimum atomic E-state index is -0.574. The molecule has 4 nitrogen and oxygen atoms in total. The van der Waals surface area contributed by atoms with Gasteiger partial charge in [0.25, 0.3) is 0 Å². The van der Waals surface area contributed by atoms with Crippen molar-refractivity contribution in [2.24, 2.45) is 11.1 Å². The molecule has 5 heteroatoms. The van der Waals surface area contributed by atoms with Crippen molar-refractivity contribution in [3.8, 4) is 0 Å². The number of carbonyl (C=O) groups excluding carboxylic acids is 1. The van der Waals surface area contributed by atoms with Gasteiger partial charge in [-0.2, -0.15) is 0 Å². The van der Waals surface area contributed by atoms with Crippen LogP contribution in [0.15, 0.2) is 30.5 Å². The van der Waals surface area contributed by atoms with Gasteiger partial charge >= 0.3 is 0 Å². The number of nitrogens with two attached hydrogens (primary N) is 1. The highest BCUT2D eigenvalue weighted by atomic mass is 35.5. The van der Waals surface area contributed by atoms with Crippen LogP contribution in [0.3, 0.4) is 0 Å². The summed E-state index contributed by atoms with van der Waals surface area (Å²) in [6.45, 7) is 4.77. The van der Waals surface area contributed by atoms with Gasteiger partial charge in [-0.15, -0.1) is 0 Å². The molecular weight excluding hydrogens is 274 g/mol. The average molecular weight is 292 g/mol. The quantitative estimate of drug-likeness (QED) is 0.889. The topological polar surface area (TPSA) is 68.0 Å². The van der Waals surface area contributed by atoms with Gasteiger partial charge in [-0.3, -0.25) is 9.78 Å². The largest absolute Gasteiger partial charge is 0.369 e. The SMILES string of the molecule is CC(C)(CNCc1ccc(Cl)c2cccnc12)C(N)=O. The third kappa shape index (κ3) is 3.08. The molecule has 0 fully saturated rings. The zero-order valence-corrected chi connectivity index (χ0v) is 12.4. The van der Waals surface area contributed by atoms with Crippen molar-refractivity contribution in [3.05, 3.63) is 41.0 Å². The molecule has 0 radical (unpaired) electrons. The Morgan fingerprint density at radius 3 is 2.85 bits per heavy atom. The second-order valence-electron chi connectivity index (χ2n) is 5.46. The van der Waals surface area contributed by atoms with Gasteiger partial charge in [-0.25, -0.2) is 0 Å². The minimum Gasteiger partial charge on any atom is -0.369 e. The van der Waals surface area contributed by atoms with Gasteiger partial charge in [-0.1, -0.05) is 17.7 Å². The summed E-state index contributed by atoms with van der Waals surface area (Å²) in [7, 11) is 0. The fourth-order valence-corrected chi connectivity index (χ4v) is 2.15. The molecule has 0 aliphatic rings. The molecule has 1 aromatic heterocycles. The van der Waals surface area contributed by atoms with Crippen LogP contribution in [-0.4, -0.2) is 17.4 Å². The lowest BCUT2D eigenvalue weighted by Gasteiger charge is -2.21. The summed E-state index contributed by atoms with van der Waals surface area (Å²) in [5.41, 5.74) is 6.70. The zero-order valence-electron chi connectivity index (χ0n) is 11.6. The second kappa shape index (κ2) is 5.77. The molecule has 0 aliphatic heterocycles. The van der Waals surface area contributed by atoms with Gasteiger partial charge in [0.05, 0.1) is 10.9 Å². The maximum Gasteiger partial charge on any atom is 0.224 e. The van der Waals surface area contributed by atoms with E-state index in [1.807, 2.05) is 38.1 Å². The second-order valence-corrected chi connectivity index (χ2v) is 5.86. The number of amides is 1. The molecule has 2 aromatic rings. The van der Waals surface area contributed by atoms with Crippen LogP contribution in [0.1, 0.15) is 19.4 Å². The number of nitrogens with zero attached hydrogens (tertiary/aromatic N) is 1. The van der Waals surface area contributed by atoms with E-state index in [0.717, 1.165) is 16.5 Å². The van der Waals surface area contributed by atoms with Gasteiger partial charge in [0.15, 0.2) is 0 Å². The highest BCUT2D eigenvalue weighted by Gasteiger charge is 2.24. The number of aromatic nitrogens is 1. The summed E-state index contributed by atoms with van der Waals surface area (Å²) >= 11 is 6.16. The highest BCUT2D eigenvalue weighted by Crippen LogP contribution is 2.24. The van der Waals surface area contributed by atoms with E-state index in [4.69, 9.17) is 17.3 Å². The van der Waals surface area contributed by atoms with Crippen LogP contribution in [0.2, 0.25) is 5.02 Å². The number of halogens is 1. The molecule has 0 saturated carbocycles. The summed E-state index contributed by atoms with van der Waals surface area (Å²) < 4.78 is 0. The molecule has 0 bridgehead atoms. The Balaban J connectivity index is 2.15. The predicted octanol–water partition coefficient (Wildman–Crippen LogP) is 2.49. The standard InChI is InChI=1S/C15H18ClN3O/c1-15(2,14(17)20)9-18-8-10-5-6-12(16)11-4-3-7-19-13(10)11/h3-7,18H,8-9H2,1-2H3,(H2,17,20). The van der Waals surface area contributed by atoms with Crippen LogP contribution in [0, 0.1) is 5.41 Å². The first-order chi connectivity index (χ1) is 9.42. The maximum absolute atomic E-state index is 11.3. The van der Waals surface area contributed by atoms with Crippen LogP contribution in [0.25, 0.3) is 10.9 Å². The van der Waals surface area contributed by atoms with Crippen molar-refractivity contribution >= 4 is 28.4 Å². The number of primary amides is 1. The number of hydrogen-bond donors (Lipinski definition) is 2. The van der Waals surface area contributed by atoms with E-state index in [1.54, 1.807) is 6.20 Å². The Kier molecular flexibility index (Phi) is 4.26. The van der Waals surface area contributed by atoms with E-state index in [0.29, 0.717) is 18.1 Å². The lowest BCUT2D eigenvalue weighted by atomic mass is 9.92. The molecule has 1 aromatic carbocycles. The van der Waals surface area contributed by atoms with Crippen LogP contribution in [-0.2, 0) is 11.3 Å². The normalized spacial score (nSPS) is 11.8. The molecule has 1 heterocycles. The van der Waals surface area contributed by atoms with Gasteiger partial charge in [0.2, 0.25) is 5.91 Å². The minimum absolute atomic E-state index is 0.316. The Morgan fingerprint density at radius 1 is 1.40 bits per heavy atom. The van der Waals surface area contributed by atoms with Crippen molar-refractivity contribution < 1.29 is 4.79 Å². The summed E-state index contributed by atoms with van der Waals surface area (Å²) in [4.78, 5) is 15.6. The highest BCUT2D eigenvalue weighted by molar-refractivity contribution is 6.35. The van der Waals surface area contributed by atoms with E-state index < -0.39 is 5.41 Å². The molecule has 2 rings (SSSR count). The lowest BCUT2D eigenvalue weighted by molar-refractivity contribution is -0.125. The molecule has 0 aliphatic carbocycles. The van der Waals surface area contributed by atoms with Crippen molar-refractivity contribution in [2.45, 2.75) is 20.4 Å². The van der Waals surface area contributed by atoms with Crippen molar-refractivity contribution in [1.82, 2.24) is 10.3 Å². The predicted molar refractivity (Wildman–Crippen MR) is 81.4 cm³/mol.